The molecule has 9 nitrogen and oxygen atoms in total. The van der Waals surface area contributed by atoms with Crippen molar-refractivity contribution in [3.63, 3.8) is 0 Å². The number of aryl methyl sites for hydroxylation is 1. The van der Waals surface area contributed by atoms with E-state index < -0.39 is 5.97 Å². The fourth-order valence-corrected chi connectivity index (χ4v) is 2.22. The van der Waals surface area contributed by atoms with E-state index in [0.717, 1.165) is 0 Å². The largest absolute Gasteiger partial charge is 0.478 e. The molecule has 0 radical (unpaired) electrons. The molecule has 0 saturated carbocycles. The summed E-state index contributed by atoms with van der Waals surface area (Å²) in [5.41, 5.74) is 0.896. The van der Waals surface area contributed by atoms with Gasteiger partial charge in [0.15, 0.2) is 5.82 Å². The van der Waals surface area contributed by atoms with Gasteiger partial charge in [-0.2, -0.15) is 9.97 Å². The van der Waals surface area contributed by atoms with Crippen LogP contribution in [0.4, 0.5) is 0 Å². The molecule has 2 heterocycles. The van der Waals surface area contributed by atoms with Gasteiger partial charge in [-0.1, -0.05) is 29.4 Å². The van der Waals surface area contributed by atoms with E-state index in [0.29, 0.717) is 48.5 Å². The van der Waals surface area contributed by atoms with E-state index in [9.17, 15) is 4.79 Å². The molecule has 1 aromatic carbocycles. The minimum Gasteiger partial charge on any atom is -0.478 e. The van der Waals surface area contributed by atoms with Gasteiger partial charge in [0.05, 0.1) is 18.7 Å². The molecule has 0 amide bonds. The molecule has 3 rings (SSSR count). The number of hydrogen-bond donors (Lipinski definition) is 1. The molecule has 3 aromatic rings. The lowest BCUT2D eigenvalue weighted by Crippen LogP contribution is -2.18. The summed E-state index contributed by atoms with van der Waals surface area (Å²) in [4.78, 5) is 21.4. The second-order valence-electron chi connectivity index (χ2n) is 5.52. The highest BCUT2D eigenvalue weighted by Crippen LogP contribution is 2.17. The van der Waals surface area contributed by atoms with Crippen molar-refractivity contribution >= 4 is 5.97 Å². The topological polar surface area (TPSA) is 118 Å². The van der Waals surface area contributed by atoms with Crippen molar-refractivity contribution in [1.29, 1.82) is 0 Å². The van der Waals surface area contributed by atoms with E-state index in [-0.39, 0.29) is 5.56 Å². The second kappa shape index (κ2) is 7.22. The number of nitrogens with zero attached hydrogens (tertiary/aromatic N) is 5. The van der Waals surface area contributed by atoms with E-state index in [1.54, 1.807) is 12.1 Å². The summed E-state index contributed by atoms with van der Waals surface area (Å²) in [5.74, 6) is 1.08. The van der Waals surface area contributed by atoms with Crippen LogP contribution in [0, 0.1) is 0 Å². The van der Waals surface area contributed by atoms with Gasteiger partial charge in [-0.05, 0) is 19.2 Å². The van der Waals surface area contributed by atoms with Gasteiger partial charge in [0.25, 0.3) is 0 Å². The summed E-state index contributed by atoms with van der Waals surface area (Å²) in [6.07, 6.45) is 0.699. The van der Waals surface area contributed by atoms with Gasteiger partial charge in [-0.25, -0.2) is 4.79 Å². The first kappa shape index (κ1) is 16.8. The first-order chi connectivity index (χ1) is 12.0. The van der Waals surface area contributed by atoms with Crippen LogP contribution in [-0.4, -0.2) is 43.3 Å². The zero-order chi connectivity index (χ0) is 17.8. The highest BCUT2D eigenvalue weighted by Gasteiger charge is 2.14. The quantitative estimate of drug-likeness (QED) is 0.687. The lowest BCUT2D eigenvalue weighted by atomic mass is 10.1. The summed E-state index contributed by atoms with van der Waals surface area (Å²) in [7, 11) is 1.88. The van der Waals surface area contributed by atoms with Gasteiger partial charge < -0.3 is 14.2 Å². The molecule has 0 bridgehead atoms. The zero-order valence-corrected chi connectivity index (χ0v) is 13.8. The van der Waals surface area contributed by atoms with Crippen molar-refractivity contribution in [3.8, 4) is 11.4 Å². The number of carbonyl (C=O) groups is 1. The summed E-state index contributed by atoms with van der Waals surface area (Å²) >= 11 is 0. The molecule has 130 valence electrons. The monoisotopic (exact) mass is 343 g/mol. The summed E-state index contributed by atoms with van der Waals surface area (Å²) in [5, 5.41) is 16.7. The molecule has 0 saturated heterocycles. The van der Waals surface area contributed by atoms with Gasteiger partial charge in [-0.15, -0.1) is 0 Å². The average Bonchev–Trinajstić information content (AvgIpc) is 3.24. The van der Waals surface area contributed by atoms with E-state index in [1.165, 1.54) is 12.1 Å². The molecule has 0 aliphatic heterocycles. The molecule has 1 N–H and O–H groups in total. The van der Waals surface area contributed by atoms with Gasteiger partial charge in [0, 0.05) is 12.0 Å². The molecule has 0 aliphatic carbocycles. The Kier molecular flexibility index (Phi) is 4.85. The van der Waals surface area contributed by atoms with Crippen LogP contribution in [0.5, 0.6) is 0 Å². The molecule has 25 heavy (non-hydrogen) atoms. The summed E-state index contributed by atoms with van der Waals surface area (Å²) < 4.78 is 10.3. The molecule has 0 fully saturated rings. The third-order valence-corrected chi connectivity index (χ3v) is 3.49. The Bertz CT molecular complexity index is 856. The van der Waals surface area contributed by atoms with Crippen molar-refractivity contribution in [2.45, 2.75) is 26.4 Å². The summed E-state index contributed by atoms with van der Waals surface area (Å²) in [6, 6.07) is 6.30. The van der Waals surface area contributed by atoms with Gasteiger partial charge in [-0.3, -0.25) is 4.90 Å². The summed E-state index contributed by atoms with van der Waals surface area (Å²) in [6.45, 7) is 2.87. The van der Waals surface area contributed by atoms with Gasteiger partial charge >= 0.3 is 5.97 Å². The minimum atomic E-state index is -0.977. The lowest BCUT2D eigenvalue weighted by molar-refractivity contribution is 0.0697. The molecule has 0 aliphatic rings. The first-order valence-corrected chi connectivity index (χ1v) is 7.71. The van der Waals surface area contributed by atoms with Crippen molar-refractivity contribution in [1.82, 2.24) is 25.2 Å². The maximum Gasteiger partial charge on any atom is 0.335 e. The molecule has 2 aromatic heterocycles. The average molecular weight is 343 g/mol. The number of hydrogen-bond acceptors (Lipinski definition) is 8. The van der Waals surface area contributed by atoms with Gasteiger partial charge in [0.1, 0.15) is 0 Å². The fraction of sp³-hybridized carbons (Fsp3) is 0.312. The first-order valence-electron chi connectivity index (χ1n) is 7.71. The predicted molar refractivity (Wildman–Crippen MR) is 85.5 cm³/mol. The maximum absolute atomic E-state index is 10.9. The number of carboxylic acids is 1. The fourth-order valence-electron chi connectivity index (χ4n) is 2.22. The number of aromatic nitrogens is 4. The smallest absolute Gasteiger partial charge is 0.335 e. The van der Waals surface area contributed by atoms with Crippen LogP contribution >= 0.6 is 0 Å². The van der Waals surface area contributed by atoms with E-state index in [4.69, 9.17) is 14.2 Å². The van der Waals surface area contributed by atoms with Gasteiger partial charge in [0.2, 0.25) is 17.6 Å². The number of benzene rings is 1. The zero-order valence-electron chi connectivity index (χ0n) is 13.8. The Morgan fingerprint density at radius 2 is 1.80 bits per heavy atom. The molecular weight excluding hydrogens is 326 g/mol. The highest BCUT2D eigenvalue weighted by atomic mass is 16.5. The van der Waals surface area contributed by atoms with E-state index in [1.807, 2.05) is 18.9 Å². The second-order valence-corrected chi connectivity index (χ2v) is 5.52. The molecule has 0 unspecified atom stereocenters. The van der Waals surface area contributed by atoms with Crippen molar-refractivity contribution < 1.29 is 18.9 Å². The maximum atomic E-state index is 10.9. The van der Waals surface area contributed by atoms with Crippen molar-refractivity contribution in [3.05, 3.63) is 47.4 Å². The van der Waals surface area contributed by atoms with Crippen LogP contribution < -0.4 is 0 Å². The third kappa shape index (κ3) is 4.07. The Morgan fingerprint density at radius 3 is 2.44 bits per heavy atom. The van der Waals surface area contributed by atoms with E-state index in [2.05, 4.69) is 20.3 Å². The standard InChI is InChI=1S/C16H17N5O4/c1-3-13-17-12(19-24-13)8-21(2)9-14-18-15(20-25-14)10-4-6-11(7-5-10)16(22)23/h4-7H,3,8-9H2,1-2H3,(H,22,23). The van der Waals surface area contributed by atoms with Crippen LogP contribution in [0.15, 0.2) is 33.3 Å². The van der Waals surface area contributed by atoms with Crippen LogP contribution in [0.25, 0.3) is 11.4 Å². The Balaban J connectivity index is 1.63. The van der Waals surface area contributed by atoms with E-state index >= 15 is 0 Å². The minimum absolute atomic E-state index is 0.207. The molecular formula is C16H17N5O4. The Hall–Kier alpha value is -3.07. The van der Waals surface area contributed by atoms with Crippen molar-refractivity contribution in [2.24, 2.45) is 0 Å². The molecule has 9 heteroatoms. The molecule has 0 atom stereocenters. The number of aromatic carboxylic acids is 1. The number of carboxylic acid groups (broad SMARTS) is 1. The molecule has 0 spiro atoms. The lowest BCUT2D eigenvalue weighted by Gasteiger charge is -2.10. The van der Waals surface area contributed by atoms with Crippen molar-refractivity contribution in [2.75, 3.05) is 7.05 Å². The Labute approximate surface area is 143 Å². The predicted octanol–water partition coefficient (Wildman–Crippen LogP) is 2.01. The highest BCUT2D eigenvalue weighted by molar-refractivity contribution is 5.88. The van der Waals surface area contributed by atoms with Crippen LogP contribution in [0.2, 0.25) is 0 Å². The van der Waals surface area contributed by atoms with Crippen LogP contribution in [0.1, 0.15) is 34.9 Å². The normalized spacial score (nSPS) is 11.2. The Morgan fingerprint density at radius 1 is 1.08 bits per heavy atom. The third-order valence-electron chi connectivity index (χ3n) is 3.49. The SMILES string of the molecule is CCc1nc(CN(C)Cc2nc(-c3ccc(C(=O)O)cc3)no2)no1. The van der Waals surface area contributed by atoms with Crippen LogP contribution in [-0.2, 0) is 19.5 Å². The number of rotatable bonds is 7. The van der Waals surface area contributed by atoms with Crippen LogP contribution in [0.3, 0.4) is 0 Å².